The molecule has 1 atom stereocenters. The lowest BCUT2D eigenvalue weighted by molar-refractivity contribution is -0.127. The van der Waals surface area contributed by atoms with Gasteiger partial charge in [0.25, 0.3) is 5.91 Å². The van der Waals surface area contributed by atoms with Crippen molar-refractivity contribution < 1.29 is 14.3 Å². The summed E-state index contributed by atoms with van der Waals surface area (Å²) < 4.78 is 11.1. The van der Waals surface area contributed by atoms with Crippen molar-refractivity contribution in [1.82, 2.24) is 5.32 Å². The summed E-state index contributed by atoms with van der Waals surface area (Å²) in [5.41, 5.74) is 2.17. The van der Waals surface area contributed by atoms with E-state index in [0.29, 0.717) is 6.54 Å². The molecule has 24 heavy (non-hydrogen) atoms. The molecule has 0 saturated carbocycles. The summed E-state index contributed by atoms with van der Waals surface area (Å²) in [5, 5.41) is 2.93. The lowest BCUT2D eigenvalue weighted by Gasteiger charge is -2.16. The molecule has 0 spiro atoms. The number of hydrogen-bond donors (Lipinski definition) is 1. The molecule has 2 aromatic rings. The van der Waals surface area contributed by atoms with E-state index in [1.807, 2.05) is 55.5 Å². The van der Waals surface area contributed by atoms with E-state index in [4.69, 9.17) is 9.47 Å². The standard InChI is InChI=1S/C20H25NO3/c1-15-9-4-6-12-18(15)24-16(2)20(22)21-14-8-11-17-10-5-7-13-19(17)23-3/h4-7,9-10,12-13,16H,8,11,14H2,1-3H3,(H,21,22)/t16-/m1/s1. The predicted octanol–water partition coefficient (Wildman–Crippen LogP) is 3.52. The summed E-state index contributed by atoms with van der Waals surface area (Å²) in [7, 11) is 1.67. The van der Waals surface area contributed by atoms with Crippen molar-refractivity contribution in [2.24, 2.45) is 0 Å². The maximum Gasteiger partial charge on any atom is 0.260 e. The molecule has 0 heterocycles. The predicted molar refractivity (Wildman–Crippen MR) is 95.6 cm³/mol. The molecular formula is C20H25NO3. The Morgan fingerprint density at radius 1 is 1.08 bits per heavy atom. The van der Waals surface area contributed by atoms with E-state index >= 15 is 0 Å². The first-order valence-corrected chi connectivity index (χ1v) is 8.23. The highest BCUT2D eigenvalue weighted by molar-refractivity contribution is 5.80. The summed E-state index contributed by atoms with van der Waals surface area (Å²) in [6.07, 6.45) is 1.19. The van der Waals surface area contributed by atoms with E-state index in [1.165, 1.54) is 0 Å². The van der Waals surface area contributed by atoms with Crippen LogP contribution in [-0.4, -0.2) is 25.7 Å². The number of benzene rings is 2. The van der Waals surface area contributed by atoms with Crippen molar-refractivity contribution in [1.29, 1.82) is 0 Å². The Bertz CT molecular complexity index is 669. The number of aryl methyl sites for hydroxylation is 2. The third kappa shape index (κ3) is 5.01. The number of carbonyl (C=O) groups excluding carboxylic acids is 1. The second kappa shape index (κ2) is 8.96. The van der Waals surface area contributed by atoms with Gasteiger partial charge in [-0.2, -0.15) is 0 Å². The van der Waals surface area contributed by atoms with Crippen LogP contribution >= 0.6 is 0 Å². The normalized spacial score (nSPS) is 11.6. The van der Waals surface area contributed by atoms with Gasteiger partial charge in [-0.05, 0) is 49.9 Å². The van der Waals surface area contributed by atoms with Crippen LogP contribution in [-0.2, 0) is 11.2 Å². The van der Waals surface area contributed by atoms with Crippen LogP contribution in [0.15, 0.2) is 48.5 Å². The average molecular weight is 327 g/mol. The zero-order valence-corrected chi connectivity index (χ0v) is 14.5. The molecule has 0 fully saturated rings. The molecule has 0 radical (unpaired) electrons. The van der Waals surface area contributed by atoms with Gasteiger partial charge in [0, 0.05) is 6.54 Å². The summed E-state index contributed by atoms with van der Waals surface area (Å²) in [4.78, 5) is 12.1. The quantitative estimate of drug-likeness (QED) is 0.755. The largest absolute Gasteiger partial charge is 0.496 e. The number of rotatable bonds is 8. The lowest BCUT2D eigenvalue weighted by atomic mass is 10.1. The molecule has 1 amide bonds. The highest BCUT2D eigenvalue weighted by atomic mass is 16.5. The van der Waals surface area contributed by atoms with Crippen LogP contribution in [0.1, 0.15) is 24.5 Å². The van der Waals surface area contributed by atoms with Crippen molar-refractivity contribution in [2.75, 3.05) is 13.7 Å². The van der Waals surface area contributed by atoms with Crippen molar-refractivity contribution in [3.63, 3.8) is 0 Å². The molecular weight excluding hydrogens is 302 g/mol. The topological polar surface area (TPSA) is 47.6 Å². The molecule has 0 aromatic heterocycles. The summed E-state index contributed by atoms with van der Waals surface area (Å²) in [6, 6.07) is 15.6. The fraction of sp³-hybridized carbons (Fsp3) is 0.350. The average Bonchev–Trinajstić information content (AvgIpc) is 2.60. The van der Waals surface area contributed by atoms with Crippen LogP contribution in [0.25, 0.3) is 0 Å². The van der Waals surface area contributed by atoms with Crippen LogP contribution in [0, 0.1) is 6.92 Å². The van der Waals surface area contributed by atoms with Crippen LogP contribution in [0.3, 0.4) is 0 Å². The van der Waals surface area contributed by atoms with Crippen LogP contribution < -0.4 is 14.8 Å². The first-order chi connectivity index (χ1) is 11.6. The molecule has 0 aliphatic rings. The molecule has 0 bridgehead atoms. The monoisotopic (exact) mass is 327 g/mol. The number of nitrogens with one attached hydrogen (secondary N) is 1. The molecule has 0 unspecified atom stereocenters. The third-order valence-corrected chi connectivity index (χ3v) is 3.88. The maximum atomic E-state index is 12.1. The molecule has 128 valence electrons. The fourth-order valence-corrected chi connectivity index (χ4v) is 2.48. The van der Waals surface area contributed by atoms with Gasteiger partial charge in [0.1, 0.15) is 11.5 Å². The SMILES string of the molecule is COc1ccccc1CCCNC(=O)[C@@H](C)Oc1ccccc1C. The number of para-hydroxylation sites is 2. The summed E-state index contributed by atoms with van der Waals surface area (Å²) in [6.45, 7) is 4.34. The minimum absolute atomic E-state index is 0.0988. The Kier molecular flexibility index (Phi) is 6.67. The van der Waals surface area contributed by atoms with Gasteiger partial charge in [-0.25, -0.2) is 0 Å². The molecule has 0 aliphatic heterocycles. The van der Waals surface area contributed by atoms with E-state index in [2.05, 4.69) is 5.32 Å². The zero-order chi connectivity index (χ0) is 17.4. The van der Waals surface area contributed by atoms with Crippen molar-refractivity contribution in [2.45, 2.75) is 32.8 Å². The van der Waals surface area contributed by atoms with Gasteiger partial charge in [-0.1, -0.05) is 36.4 Å². The zero-order valence-electron chi connectivity index (χ0n) is 14.5. The molecule has 0 saturated heterocycles. The van der Waals surface area contributed by atoms with Crippen molar-refractivity contribution in [3.8, 4) is 11.5 Å². The van der Waals surface area contributed by atoms with E-state index in [9.17, 15) is 4.79 Å². The van der Waals surface area contributed by atoms with Crippen molar-refractivity contribution in [3.05, 3.63) is 59.7 Å². The van der Waals surface area contributed by atoms with Gasteiger partial charge >= 0.3 is 0 Å². The summed E-state index contributed by atoms with van der Waals surface area (Å²) >= 11 is 0. The highest BCUT2D eigenvalue weighted by Gasteiger charge is 2.14. The number of amides is 1. The smallest absolute Gasteiger partial charge is 0.260 e. The van der Waals surface area contributed by atoms with E-state index in [0.717, 1.165) is 35.5 Å². The Labute approximate surface area is 143 Å². The minimum atomic E-state index is -0.516. The molecule has 2 aromatic carbocycles. The van der Waals surface area contributed by atoms with Crippen LogP contribution in [0.5, 0.6) is 11.5 Å². The Morgan fingerprint density at radius 2 is 1.75 bits per heavy atom. The first kappa shape index (κ1) is 17.9. The maximum absolute atomic E-state index is 12.1. The molecule has 2 rings (SSSR count). The van der Waals surface area contributed by atoms with E-state index in [1.54, 1.807) is 14.0 Å². The number of ether oxygens (including phenoxy) is 2. The first-order valence-electron chi connectivity index (χ1n) is 8.23. The molecule has 4 nitrogen and oxygen atoms in total. The third-order valence-electron chi connectivity index (χ3n) is 3.88. The number of methoxy groups -OCH3 is 1. The highest BCUT2D eigenvalue weighted by Crippen LogP contribution is 2.19. The van der Waals surface area contributed by atoms with Crippen LogP contribution in [0.4, 0.5) is 0 Å². The second-order valence-electron chi connectivity index (χ2n) is 5.73. The van der Waals surface area contributed by atoms with E-state index in [-0.39, 0.29) is 5.91 Å². The van der Waals surface area contributed by atoms with Gasteiger partial charge < -0.3 is 14.8 Å². The summed E-state index contributed by atoms with van der Waals surface area (Å²) in [5.74, 6) is 1.53. The van der Waals surface area contributed by atoms with Gasteiger partial charge in [0.15, 0.2) is 6.10 Å². The lowest BCUT2D eigenvalue weighted by Crippen LogP contribution is -2.37. The fourth-order valence-electron chi connectivity index (χ4n) is 2.48. The van der Waals surface area contributed by atoms with Crippen LogP contribution in [0.2, 0.25) is 0 Å². The molecule has 4 heteroatoms. The van der Waals surface area contributed by atoms with Gasteiger partial charge in [0.2, 0.25) is 0 Å². The number of hydrogen-bond acceptors (Lipinski definition) is 3. The molecule has 1 N–H and O–H groups in total. The second-order valence-corrected chi connectivity index (χ2v) is 5.73. The van der Waals surface area contributed by atoms with Crippen molar-refractivity contribution >= 4 is 5.91 Å². The Balaban J connectivity index is 1.75. The molecule has 0 aliphatic carbocycles. The Morgan fingerprint density at radius 3 is 2.46 bits per heavy atom. The van der Waals surface area contributed by atoms with Gasteiger partial charge in [-0.15, -0.1) is 0 Å². The van der Waals surface area contributed by atoms with Gasteiger partial charge in [0.05, 0.1) is 7.11 Å². The minimum Gasteiger partial charge on any atom is -0.496 e. The number of carbonyl (C=O) groups is 1. The Hall–Kier alpha value is -2.49. The van der Waals surface area contributed by atoms with Gasteiger partial charge in [-0.3, -0.25) is 4.79 Å². The van der Waals surface area contributed by atoms with E-state index < -0.39 is 6.10 Å².